The van der Waals surface area contributed by atoms with Crippen LogP contribution in [0.15, 0.2) is 21.5 Å². The third-order valence-corrected chi connectivity index (χ3v) is 3.31. The largest absolute Gasteiger partial charge is 0.302 e. The Hall–Kier alpha value is -0.190. The maximum atomic E-state index is 10.8. The highest BCUT2D eigenvalue weighted by atomic mass is 79.9. The first-order valence-electron chi connectivity index (χ1n) is 3.40. The first-order valence-corrected chi connectivity index (χ1v) is 5.30. The monoisotopic (exact) mass is 248 g/mol. The molecule has 0 aliphatic heterocycles. The molecule has 66 valence electrons. The van der Waals surface area contributed by atoms with Gasteiger partial charge < -0.3 is 4.55 Å². The van der Waals surface area contributed by atoms with E-state index >= 15 is 0 Å². The fraction of sp³-hybridized carbons (Fsp3) is 0.250. The van der Waals surface area contributed by atoms with Gasteiger partial charge in [0.05, 0.1) is 4.90 Å². The van der Waals surface area contributed by atoms with Crippen LogP contribution >= 0.6 is 15.9 Å². The lowest BCUT2D eigenvalue weighted by atomic mass is 10.2. The van der Waals surface area contributed by atoms with Gasteiger partial charge in [-0.2, -0.15) is 0 Å². The number of rotatable bonds is 1. The molecule has 0 aliphatic rings. The van der Waals surface area contributed by atoms with Crippen molar-refractivity contribution in [3.8, 4) is 0 Å². The Morgan fingerprint density at radius 1 is 1.33 bits per heavy atom. The lowest BCUT2D eigenvalue weighted by Gasteiger charge is -2.04. The zero-order chi connectivity index (χ0) is 9.30. The molecular formula is C8H9BrO2S. The predicted octanol–water partition coefficient (Wildman–Crippen LogP) is 2.65. The second kappa shape index (κ2) is 3.68. The van der Waals surface area contributed by atoms with Crippen LogP contribution in [-0.4, -0.2) is 8.76 Å². The highest BCUT2D eigenvalue weighted by Crippen LogP contribution is 2.22. The minimum atomic E-state index is -1.88. The molecule has 0 amide bonds. The molecule has 0 fully saturated rings. The van der Waals surface area contributed by atoms with Crippen LogP contribution in [0.1, 0.15) is 11.1 Å². The summed E-state index contributed by atoms with van der Waals surface area (Å²) in [4.78, 5) is 0.482. The van der Waals surface area contributed by atoms with Gasteiger partial charge in [0.25, 0.3) is 0 Å². The van der Waals surface area contributed by atoms with Gasteiger partial charge in [0.15, 0.2) is 11.1 Å². The Bertz CT molecular complexity index is 336. The summed E-state index contributed by atoms with van der Waals surface area (Å²) >= 11 is 1.47. The van der Waals surface area contributed by atoms with Crippen molar-refractivity contribution in [3.05, 3.63) is 27.7 Å². The Balaban J connectivity index is 3.33. The van der Waals surface area contributed by atoms with E-state index in [4.69, 9.17) is 4.55 Å². The van der Waals surface area contributed by atoms with Crippen molar-refractivity contribution in [2.24, 2.45) is 0 Å². The predicted molar refractivity (Wildman–Crippen MR) is 52.7 cm³/mol. The van der Waals surface area contributed by atoms with Crippen LogP contribution in [0.5, 0.6) is 0 Å². The summed E-state index contributed by atoms with van der Waals surface area (Å²) in [5.41, 5.74) is 1.80. The van der Waals surface area contributed by atoms with Crippen molar-refractivity contribution in [1.82, 2.24) is 0 Å². The Morgan fingerprint density at radius 2 is 1.92 bits per heavy atom. The van der Waals surface area contributed by atoms with Gasteiger partial charge in [-0.1, -0.05) is 15.9 Å². The van der Waals surface area contributed by atoms with Crippen molar-refractivity contribution in [2.45, 2.75) is 18.7 Å². The van der Waals surface area contributed by atoms with E-state index in [9.17, 15) is 4.21 Å². The van der Waals surface area contributed by atoms with Crippen LogP contribution in [0.25, 0.3) is 0 Å². The fourth-order valence-corrected chi connectivity index (χ4v) is 2.01. The lowest BCUT2D eigenvalue weighted by molar-refractivity contribution is 0.563. The summed E-state index contributed by atoms with van der Waals surface area (Å²) in [5.74, 6) is 0. The topological polar surface area (TPSA) is 37.3 Å². The molecule has 0 saturated heterocycles. The van der Waals surface area contributed by atoms with Crippen LogP contribution in [0.4, 0.5) is 0 Å². The molecule has 0 saturated carbocycles. The third-order valence-electron chi connectivity index (χ3n) is 1.64. The number of hydrogen-bond acceptors (Lipinski definition) is 1. The van der Waals surface area contributed by atoms with Gasteiger partial charge >= 0.3 is 0 Å². The first kappa shape index (κ1) is 9.89. The van der Waals surface area contributed by atoms with E-state index in [0.29, 0.717) is 4.90 Å². The number of aryl methyl sites for hydroxylation is 2. The van der Waals surface area contributed by atoms with Crippen molar-refractivity contribution in [2.75, 3.05) is 0 Å². The van der Waals surface area contributed by atoms with Crippen molar-refractivity contribution in [3.63, 3.8) is 0 Å². The first-order chi connectivity index (χ1) is 5.52. The molecule has 4 heteroatoms. The average Bonchev–Trinajstić information content (AvgIpc) is 1.96. The lowest BCUT2D eigenvalue weighted by Crippen LogP contribution is -1.93. The maximum Gasteiger partial charge on any atom is 0.186 e. The summed E-state index contributed by atoms with van der Waals surface area (Å²) in [6.45, 7) is 3.70. The molecule has 1 aromatic carbocycles. The normalized spacial score (nSPS) is 13.0. The molecule has 1 atom stereocenters. The molecule has 0 aromatic heterocycles. The SMILES string of the molecule is Cc1cc(S(=O)O)c(C)cc1Br. The van der Waals surface area contributed by atoms with Crippen LogP contribution in [0, 0.1) is 13.8 Å². The highest BCUT2D eigenvalue weighted by molar-refractivity contribution is 9.10. The van der Waals surface area contributed by atoms with E-state index in [1.54, 1.807) is 6.07 Å². The molecule has 0 radical (unpaired) electrons. The summed E-state index contributed by atoms with van der Waals surface area (Å²) in [6, 6.07) is 3.56. The smallest absolute Gasteiger partial charge is 0.186 e. The van der Waals surface area contributed by atoms with E-state index in [1.165, 1.54) is 0 Å². The van der Waals surface area contributed by atoms with Gasteiger partial charge in [0.1, 0.15) is 0 Å². The van der Waals surface area contributed by atoms with E-state index < -0.39 is 11.1 Å². The highest BCUT2D eigenvalue weighted by Gasteiger charge is 2.06. The summed E-state index contributed by atoms with van der Waals surface area (Å²) in [5, 5.41) is 0. The average molecular weight is 249 g/mol. The van der Waals surface area contributed by atoms with E-state index in [0.717, 1.165) is 15.6 Å². The molecule has 0 spiro atoms. The minimum absolute atomic E-state index is 0.482. The molecule has 12 heavy (non-hydrogen) atoms. The number of halogens is 1. The van der Waals surface area contributed by atoms with Crippen molar-refractivity contribution < 1.29 is 8.76 Å². The van der Waals surface area contributed by atoms with E-state index in [1.807, 2.05) is 19.9 Å². The van der Waals surface area contributed by atoms with Crippen molar-refractivity contribution in [1.29, 1.82) is 0 Å². The van der Waals surface area contributed by atoms with Gasteiger partial charge in [-0.25, -0.2) is 4.21 Å². The minimum Gasteiger partial charge on any atom is -0.302 e. The summed E-state index contributed by atoms with van der Waals surface area (Å²) < 4.78 is 20.6. The molecule has 2 nitrogen and oxygen atoms in total. The zero-order valence-electron chi connectivity index (χ0n) is 6.80. The second-order valence-electron chi connectivity index (χ2n) is 2.62. The van der Waals surface area contributed by atoms with Crippen molar-refractivity contribution >= 4 is 27.0 Å². The van der Waals surface area contributed by atoms with E-state index in [-0.39, 0.29) is 0 Å². The zero-order valence-corrected chi connectivity index (χ0v) is 9.20. The third kappa shape index (κ3) is 1.94. The van der Waals surface area contributed by atoms with E-state index in [2.05, 4.69) is 15.9 Å². The molecule has 0 bridgehead atoms. The molecule has 0 aliphatic carbocycles. The molecule has 1 aromatic rings. The maximum absolute atomic E-state index is 10.8. The number of hydrogen-bond donors (Lipinski definition) is 1. The second-order valence-corrected chi connectivity index (χ2v) is 4.41. The molecule has 0 heterocycles. The number of benzene rings is 1. The van der Waals surface area contributed by atoms with Gasteiger partial charge in [-0.05, 0) is 37.1 Å². The Morgan fingerprint density at radius 3 is 2.42 bits per heavy atom. The Kier molecular flexibility index (Phi) is 3.04. The fourth-order valence-electron chi connectivity index (χ4n) is 0.943. The van der Waals surface area contributed by atoms with Crippen LogP contribution < -0.4 is 0 Å². The quantitative estimate of drug-likeness (QED) is 0.777. The molecule has 1 N–H and O–H groups in total. The molecular weight excluding hydrogens is 240 g/mol. The van der Waals surface area contributed by atoms with Crippen LogP contribution in [0.3, 0.4) is 0 Å². The summed E-state index contributed by atoms with van der Waals surface area (Å²) in [6.07, 6.45) is 0. The molecule has 1 rings (SSSR count). The van der Waals surface area contributed by atoms with Crippen LogP contribution in [0.2, 0.25) is 0 Å². The summed E-state index contributed by atoms with van der Waals surface area (Å²) in [7, 11) is 0. The van der Waals surface area contributed by atoms with Gasteiger partial charge in [0.2, 0.25) is 0 Å². The standard InChI is InChI=1S/C8H9BrO2S/c1-5-4-8(12(10)11)6(2)3-7(5)9/h3-4H,1-2H3,(H,10,11). The molecule has 1 unspecified atom stereocenters. The Labute approximate surface area is 82.4 Å². The van der Waals surface area contributed by atoms with Crippen LogP contribution in [-0.2, 0) is 11.1 Å². The van der Waals surface area contributed by atoms with Gasteiger partial charge in [0, 0.05) is 4.47 Å². The van der Waals surface area contributed by atoms with Gasteiger partial charge in [-0.3, -0.25) is 0 Å². The van der Waals surface area contributed by atoms with Gasteiger partial charge in [-0.15, -0.1) is 0 Å².